The van der Waals surface area contributed by atoms with Gasteiger partial charge in [-0.25, -0.2) is 9.97 Å². The second-order valence-electron chi connectivity index (χ2n) is 4.61. The molecule has 2 rings (SSSR count). The third kappa shape index (κ3) is 2.68. The van der Waals surface area contributed by atoms with Gasteiger partial charge in [-0.05, 0) is 19.8 Å². The molecule has 17 heavy (non-hydrogen) atoms. The summed E-state index contributed by atoms with van der Waals surface area (Å²) in [5, 5.41) is 19.5. The second-order valence-corrected chi connectivity index (χ2v) is 4.97. The van der Waals surface area contributed by atoms with Gasteiger partial charge in [-0.1, -0.05) is 11.6 Å². The first-order valence-electron chi connectivity index (χ1n) is 5.61. The molecule has 2 N–H and O–H groups in total. The molecule has 1 fully saturated rings. The van der Waals surface area contributed by atoms with E-state index in [1.54, 1.807) is 0 Å². The van der Waals surface area contributed by atoms with E-state index < -0.39 is 5.60 Å². The highest BCUT2D eigenvalue weighted by Crippen LogP contribution is 2.28. The molecule has 0 bridgehead atoms. The van der Waals surface area contributed by atoms with Gasteiger partial charge < -0.3 is 15.1 Å². The highest BCUT2D eigenvalue weighted by molar-refractivity contribution is 6.30. The van der Waals surface area contributed by atoms with Crippen LogP contribution in [0.1, 0.15) is 25.3 Å². The van der Waals surface area contributed by atoms with Crippen molar-refractivity contribution in [3.05, 3.63) is 17.0 Å². The lowest BCUT2D eigenvalue weighted by Crippen LogP contribution is -2.43. The zero-order valence-electron chi connectivity index (χ0n) is 9.73. The minimum absolute atomic E-state index is 0.179. The van der Waals surface area contributed by atoms with Crippen molar-refractivity contribution in [1.82, 2.24) is 9.97 Å². The highest BCUT2D eigenvalue weighted by Gasteiger charge is 2.29. The van der Waals surface area contributed by atoms with Gasteiger partial charge in [0.2, 0.25) is 0 Å². The quantitative estimate of drug-likeness (QED) is 0.773. The minimum atomic E-state index is -0.604. The van der Waals surface area contributed by atoms with E-state index in [0.717, 1.165) is 0 Å². The van der Waals surface area contributed by atoms with E-state index in [4.69, 9.17) is 11.6 Å². The first kappa shape index (κ1) is 12.5. The molecule has 0 saturated carbocycles. The maximum atomic E-state index is 9.89. The molecule has 2 heterocycles. The van der Waals surface area contributed by atoms with Crippen molar-refractivity contribution in [2.75, 3.05) is 18.0 Å². The number of aliphatic hydroxyl groups excluding tert-OH is 1. The van der Waals surface area contributed by atoms with Gasteiger partial charge in [0.25, 0.3) is 0 Å². The van der Waals surface area contributed by atoms with Crippen molar-refractivity contribution in [3.63, 3.8) is 0 Å². The molecule has 1 aromatic heterocycles. The van der Waals surface area contributed by atoms with Crippen LogP contribution in [0, 0.1) is 0 Å². The number of hydrogen-bond donors (Lipinski definition) is 2. The summed E-state index contributed by atoms with van der Waals surface area (Å²) in [5.74, 6) is 0.669. The monoisotopic (exact) mass is 257 g/mol. The van der Waals surface area contributed by atoms with Crippen LogP contribution in [0.15, 0.2) is 6.33 Å². The summed E-state index contributed by atoms with van der Waals surface area (Å²) in [6.45, 7) is 3.06. The normalized spacial score (nSPS) is 19.4. The van der Waals surface area contributed by atoms with Crippen LogP contribution in [-0.2, 0) is 6.61 Å². The standard InChI is InChI=1S/C11H16ClN3O2/c1-11(17)2-4-15(5-3-11)10-8(6-16)9(12)13-7-14-10/h7,16-17H,2-6H2,1H3. The van der Waals surface area contributed by atoms with Crippen molar-refractivity contribution >= 4 is 17.4 Å². The molecular weight excluding hydrogens is 242 g/mol. The predicted octanol–water partition coefficient (Wildman–Crippen LogP) is 0.974. The zero-order valence-corrected chi connectivity index (χ0v) is 10.5. The van der Waals surface area contributed by atoms with Gasteiger partial charge in [-0.15, -0.1) is 0 Å². The molecule has 1 aliphatic heterocycles. The molecule has 0 aromatic carbocycles. The number of anilines is 1. The third-order valence-electron chi connectivity index (χ3n) is 3.17. The van der Waals surface area contributed by atoms with Crippen molar-refractivity contribution in [2.24, 2.45) is 0 Å². The number of halogens is 1. The van der Waals surface area contributed by atoms with E-state index in [9.17, 15) is 10.2 Å². The Morgan fingerprint density at radius 3 is 2.65 bits per heavy atom. The molecule has 1 aromatic rings. The molecule has 0 amide bonds. The maximum Gasteiger partial charge on any atom is 0.140 e. The van der Waals surface area contributed by atoms with Gasteiger partial charge in [0.05, 0.1) is 17.8 Å². The maximum absolute atomic E-state index is 9.89. The average Bonchev–Trinajstić information content (AvgIpc) is 2.29. The van der Waals surface area contributed by atoms with Gasteiger partial charge in [0.1, 0.15) is 17.3 Å². The minimum Gasteiger partial charge on any atom is -0.391 e. The Morgan fingerprint density at radius 2 is 2.06 bits per heavy atom. The van der Waals surface area contributed by atoms with Crippen molar-refractivity contribution in [2.45, 2.75) is 32.0 Å². The van der Waals surface area contributed by atoms with Crippen LogP contribution in [-0.4, -0.2) is 38.9 Å². The number of aromatic nitrogens is 2. The molecule has 6 heteroatoms. The molecule has 1 aliphatic rings. The SMILES string of the molecule is CC1(O)CCN(c2ncnc(Cl)c2CO)CC1. The van der Waals surface area contributed by atoms with Crippen LogP contribution in [0.3, 0.4) is 0 Å². The molecule has 0 atom stereocenters. The fourth-order valence-corrected chi connectivity index (χ4v) is 2.18. The lowest BCUT2D eigenvalue weighted by molar-refractivity contribution is 0.0349. The van der Waals surface area contributed by atoms with Gasteiger partial charge >= 0.3 is 0 Å². The Kier molecular flexibility index (Phi) is 3.51. The lowest BCUT2D eigenvalue weighted by atomic mass is 9.94. The lowest BCUT2D eigenvalue weighted by Gasteiger charge is -2.37. The summed E-state index contributed by atoms with van der Waals surface area (Å²) >= 11 is 5.92. The molecule has 0 radical (unpaired) electrons. The van der Waals surface area contributed by atoms with Gasteiger partial charge in [0.15, 0.2) is 0 Å². The molecule has 0 unspecified atom stereocenters. The topological polar surface area (TPSA) is 69.5 Å². The molecule has 1 saturated heterocycles. The van der Waals surface area contributed by atoms with E-state index in [2.05, 4.69) is 9.97 Å². The van der Waals surface area contributed by atoms with E-state index in [1.165, 1.54) is 6.33 Å². The summed E-state index contributed by atoms with van der Waals surface area (Å²) in [4.78, 5) is 10.0. The third-order valence-corrected chi connectivity index (χ3v) is 3.49. The largest absolute Gasteiger partial charge is 0.391 e. The number of hydrogen-bond acceptors (Lipinski definition) is 5. The number of piperidine rings is 1. The van der Waals surface area contributed by atoms with Crippen LogP contribution in [0.4, 0.5) is 5.82 Å². The second kappa shape index (κ2) is 4.76. The van der Waals surface area contributed by atoms with E-state index in [1.807, 2.05) is 11.8 Å². The number of aliphatic hydroxyl groups is 2. The van der Waals surface area contributed by atoms with E-state index in [0.29, 0.717) is 37.3 Å². The Hall–Kier alpha value is -0.910. The number of nitrogens with zero attached hydrogens (tertiary/aromatic N) is 3. The summed E-state index contributed by atoms with van der Waals surface area (Å²) < 4.78 is 0. The van der Waals surface area contributed by atoms with Crippen LogP contribution in [0.2, 0.25) is 5.15 Å². The van der Waals surface area contributed by atoms with Crippen LogP contribution in [0.5, 0.6) is 0 Å². The molecule has 0 aliphatic carbocycles. The van der Waals surface area contributed by atoms with Crippen molar-refractivity contribution in [1.29, 1.82) is 0 Å². The Labute approximate surface area is 105 Å². The fraction of sp³-hybridized carbons (Fsp3) is 0.636. The summed E-state index contributed by atoms with van der Waals surface area (Å²) in [7, 11) is 0. The van der Waals surface area contributed by atoms with Gasteiger partial charge in [-0.3, -0.25) is 0 Å². The van der Waals surface area contributed by atoms with E-state index in [-0.39, 0.29) is 11.8 Å². The average molecular weight is 258 g/mol. The molecular formula is C11H16ClN3O2. The van der Waals surface area contributed by atoms with E-state index >= 15 is 0 Å². The van der Waals surface area contributed by atoms with Crippen LogP contribution >= 0.6 is 11.6 Å². The van der Waals surface area contributed by atoms with Crippen molar-refractivity contribution in [3.8, 4) is 0 Å². The smallest absolute Gasteiger partial charge is 0.140 e. The summed E-state index contributed by atoms with van der Waals surface area (Å²) in [5.41, 5.74) is -0.0529. The van der Waals surface area contributed by atoms with Crippen LogP contribution < -0.4 is 4.90 Å². The molecule has 94 valence electrons. The first-order valence-corrected chi connectivity index (χ1v) is 5.99. The molecule has 5 nitrogen and oxygen atoms in total. The predicted molar refractivity (Wildman–Crippen MR) is 65.0 cm³/mol. The number of rotatable bonds is 2. The molecule has 0 spiro atoms. The summed E-state index contributed by atoms with van der Waals surface area (Å²) in [6, 6.07) is 0. The van der Waals surface area contributed by atoms with Crippen molar-refractivity contribution < 1.29 is 10.2 Å². The zero-order chi connectivity index (χ0) is 12.5. The Bertz CT molecular complexity index is 402. The van der Waals surface area contributed by atoms with Crippen LogP contribution in [0.25, 0.3) is 0 Å². The Morgan fingerprint density at radius 1 is 1.41 bits per heavy atom. The fourth-order valence-electron chi connectivity index (χ4n) is 1.99. The highest BCUT2D eigenvalue weighted by atomic mass is 35.5. The first-order chi connectivity index (χ1) is 8.03. The summed E-state index contributed by atoms with van der Waals surface area (Å²) in [6.07, 6.45) is 2.75. The van der Waals surface area contributed by atoms with Gasteiger partial charge in [0, 0.05) is 13.1 Å². The van der Waals surface area contributed by atoms with Gasteiger partial charge in [-0.2, -0.15) is 0 Å². The Balaban J connectivity index is 2.21.